The molecule has 0 spiro atoms. The molecule has 1 fully saturated rings. The maximum atomic E-state index is 12.3. The molecule has 0 amide bonds. The Labute approximate surface area is 115 Å². The zero-order valence-electron chi connectivity index (χ0n) is 10.5. The zero-order chi connectivity index (χ0) is 14.8. The highest BCUT2D eigenvalue weighted by atomic mass is 32.2. The van der Waals surface area contributed by atoms with Gasteiger partial charge in [0.15, 0.2) is 6.20 Å². The van der Waals surface area contributed by atoms with Crippen LogP contribution in [-0.4, -0.2) is 35.7 Å². The summed E-state index contributed by atoms with van der Waals surface area (Å²) < 4.78 is 25.9. The number of nitro groups is 1. The molecule has 20 heavy (non-hydrogen) atoms. The summed E-state index contributed by atoms with van der Waals surface area (Å²) in [6.07, 6.45) is 2.28. The van der Waals surface area contributed by atoms with Gasteiger partial charge in [0.25, 0.3) is 0 Å². The molecular formula is C11H12N4O4S. The fourth-order valence-corrected chi connectivity index (χ4v) is 3.52. The van der Waals surface area contributed by atoms with Gasteiger partial charge in [-0.15, -0.1) is 0 Å². The smallest absolute Gasteiger partial charge is 0.358 e. The number of nitriles is 1. The number of hydrogen-bond donors (Lipinski definition) is 0. The predicted octanol–water partition coefficient (Wildman–Crippen LogP) is 0.914. The van der Waals surface area contributed by atoms with Gasteiger partial charge in [0, 0.05) is 19.2 Å². The topological polar surface area (TPSA) is 117 Å². The Morgan fingerprint density at radius 2 is 2.25 bits per heavy atom. The van der Waals surface area contributed by atoms with Gasteiger partial charge in [-0.05, 0) is 28.8 Å². The molecule has 1 atom stereocenters. The van der Waals surface area contributed by atoms with Crippen LogP contribution in [0.5, 0.6) is 0 Å². The van der Waals surface area contributed by atoms with E-state index in [4.69, 9.17) is 5.26 Å². The third kappa shape index (κ3) is 2.76. The van der Waals surface area contributed by atoms with Crippen molar-refractivity contribution >= 4 is 15.8 Å². The molecule has 0 aliphatic carbocycles. The molecule has 1 aromatic heterocycles. The van der Waals surface area contributed by atoms with Crippen molar-refractivity contribution in [3.63, 3.8) is 0 Å². The first-order chi connectivity index (χ1) is 9.45. The van der Waals surface area contributed by atoms with Gasteiger partial charge in [-0.1, -0.05) is 0 Å². The van der Waals surface area contributed by atoms with Gasteiger partial charge in [-0.25, -0.2) is 8.42 Å². The lowest BCUT2D eigenvalue weighted by Gasteiger charge is -2.28. The van der Waals surface area contributed by atoms with Crippen LogP contribution in [0.4, 0.5) is 5.82 Å². The number of piperidine rings is 1. The Hall–Kier alpha value is -2.05. The van der Waals surface area contributed by atoms with E-state index < -0.39 is 20.8 Å². The highest BCUT2D eigenvalue weighted by Crippen LogP contribution is 2.23. The van der Waals surface area contributed by atoms with Gasteiger partial charge in [0.2, 0.25) is 10.0 Å². The van der Waals surface area contributed by atoms with E-state index in [0.29, 0.717) is 19.4 Å². The standard InChI is InChI=1S/C11H12N4O4S/c12-6-9-2-1-5-14(8-9)20(18,19)10-3-4-11(13-7-10)15(16)17/h3-4,7,9H,1-2,5,8H2. The number of pyridine rings is 1. The zero-order valence-corrected chi connectivity index (χ0v) is 11.3. The molecule has 0 radical (unpaired) electrons. The SMILES string of the molecule is N#CC1CCCN(S(=O)(=O)c2ccc([N+](=O)[O-])nc2)C1. The maximum Gasteiger partial charge on any atom is 0.363 e. The number of aromatic nitrogens is 1. The Morgan fingerprint density at radius 1 is 1.50 bits per heavy atom. The minimum Gasteiger partial charge on any atom is -0.358 e. The molecule has 2 rings (SSSR count). The van der Waals surface area contributed by atoms with Crippen molar-refractivity contribution < 1.29 is 13.3 Å². The molecule has 0 aromatic carbocycles. The van der Waals surface area contributed by atoms with Crippen molar-refractivity contribution in [1.29, 1.82) is 5.26 Å². The average Bonchev–Trinajstić information content (AvgIpc) is 2.47. The minimum absolute atomic E-state index is 0.0957. The van der Waals surface area contributed by atoms with E-state index in [9.17, 15) is 18.5 Å². The van der Waals surface area contributed by atoms with E-state index in [2.05, 4.69) is 11.1 Å². The van der Waals surface area contributed by atoms with E-state index in [-0.39, 0.29) is 17.4 Å². The third-order valence-corrected chi connectivity index (χ3v) is 4.96. The molecule has 1 aliphatic rings. The predicted molar refractivity (Wildman–Crippen MR) is 68.0 cm³/mol. The van der Waals surface area contributed by atoms with Gasteiger partial charge in [-0.3, -0.25) is 0 Å². The largest absolute Gasteiger partial charge is 0.363 e. The molecule has 0 N–H and O–H groups in total. The Morgan fingerprint density at radius 3 is 2.80 bits per heavy atom. The Bertz CT molecular complexity index is 650. The van der Waals surface area contributed by atoms with Crippen LogP contribution in [0.15, 0.2) is 23.2 Å². The van der Waals surface area contributed by atoms with Crippen LogP contribution in [0.2, 0.25) is 0 Å². The quantitative estimate of drug-likeness (QED) is 0.604. The molecule has 1 saturated heterocycles. The summed E-state index contributed by atoms with van der Waals surface area (Å²) in [4.78, 5) is 13.2. The lowest BCUT2D eigenvalue weighted by molar-refractivity contribution is -0.389. The van der Waals surface area contributed by atoms with Crippen molar-refractivity contribution in [2.75, 3.05) is 13.1 Å². The summed E-state index contributed by atoms with van der Waals surface area (Å²) in [5.41, 5.74) is 0. The maximum absolute atomic E-state index is 12.3. The van der Waals surface area contributed by atoms with Gasteiger partial charge in [0.05, 0.1) is 12.0 Å². The molecule has 0 bridgehead atoms. The summed E-state index contributed by atoms with van der Waals surface area (Å²) in [7, 11) is -3.75. The highest BCUT2D eigenvalue weighted by Gasteiger charge is 2.31. The first-order valence-corrected chi connectivity index (χ1v) is 7.39. The van der Waals surface area contributed by atoms with E-state index in [0.717, 1.165) is 18.3 Å². The van der Waals surface area contributed by atoms with Crippen molar-refractivity contribution in [3.05, 3.63) is 28.4 Å². The van der Waals surface area contributed by atoms with Crippen LogP contribution in [0.1, 0.15) is 12.8 Å². The monoisotopic (exact) mass is 296 g/mol. The van der Waals surface area contributed by atoms with Gasteiger partial charge in [0.1, 0.15) is 4.90 Å². The molecule has 1 aliphatic heterocycles. The summed E-state index contributed by atoms with van der Waals surface area (Å²) in [5, 5.41) is 19.4. The van der Waals surface area contributed by atoms with Crippen LogP contribution < -0.4 is 0 Å². The Balaban J connectivity index is 2.26. The lowest BCUT2D eigenvalue weighted by atomic mass is 10.0. The number of sulfonamides is 1. The van der Waals surface area contributed by atoms with Crippen LogP contribution in [0.25, 0.3) is 0 Å². The van der Waals surface area contributed by atoms with Crippen molar-refractivity contribution in [3.8, 4) is 6.07 Å². The van der Waals surface area contributed by atoms with Gasteiger partial charge < -0.3 is 10.1 Å². The van der Waals surface area contributed by atoms with Crippen molar-refractivity contribution in [2.45, 2.75) is 17.7 Å². The summed E-state index contributed by atoms with van der Waals surface area (Å²) in [5.74, 6) is -0.720. The molecule has 8 nitrogen and oxygen atoms in total. The van der Waals surface area contributed by atoms with E-state index >= 15 is 0 Å². The minimum atomic E-state index is -3.75. The second kappa shape index (κ2) is 5.52. The fraction of sp³-hybridized carbons (Fsp3) is 0.455. The fourth-order valence-electron chi connectivity index (χ4n) is 2.05. The molecule has 1 aromatic rings. The first-order valence-electron chi connectivity index (χ1n) is 5.95. The van der Waals surface area contributed by atoms with Gasteiger partial charge >= 0.3 is 5.82 Å². The number of hydrogen-bond acceptors (Lipinski definition) is 6. The molecule has 2 heterocycles. The third-order valence-electron chi connectivity index (χ3n) is 3.11. The van der Waals surface area contributed by atoms with Gasteiger partial charge in [-0.2, -0.15) is 9.57 Å². The van der Waals surface area contributed by atoms with E-state index in [1.807, 2.05) is 0 Å². The summed E-state index contributed by atoms with van der Waals surface area (Å²) in [6, 6.07) is 4.29. The van der Waals surface area contributed by atoms with Crippen LogP contribution in [-0.2, 0) is 10.0 Å². The van der Waals surface area contributed by atoms with E-state index in [1.165, 1.54) is 4.31 Å². The second-order valence-electron chi connectivity index (χ2n) is 4.44. The molecule has 1 unspecified atom stereocenters. The highest BCUT2D eigenvalue weighted by molar-refractivity contribution is 7.89. The van der Waals surface area contributed by atoms with Crippen molar-refractivity contribution in [1.82, 2.24) is 9.29 Å². The molecule has 0 saturated carbocycles. The van der Waals surface area contributed by atoms with E-state index in [1.54, 1.807) is 0 Å². The normalized spacial score (nSPS) is 20.2. The molecule has 9 heteroatoms. The second-order valence-corrected chi connectivity index (χ2v) is 6.38. The number of rotatable bonds is 3. The first kappa shape index (κ1) is 14.4. The average molecular weight is 296 g/mol. The molecule has 106 valence electrons. The summed E-state index contributed by atoms with van der Waals surface area (Å²) >= 11 is 0. The summed E-state index contributed by atoms with van der Waals surface area (Å²) in [6.45, 7) is 0.493. The number of nitrogens with zero attached hydrogens (tertiary/aromatic N) is 4. The van der Waals surface area contributed by atoms with Crippen LogP contribution in [0.3, 0.4) is 0 Å². The molecular weight excluding hydrogens is 284 g/mol. The van der Waals surface area contributed by atoms with Crippen molar-refractivity contribution in [2.24, 2.45) is 5.92 Å². The lowest BCUT2D eigenvalue weighted by Crippen LogP contribution is -2.39. The van der Waals surface area contributed by atoms with Crippen LogP contribution >= 0.6 is 0 Å². The van der Waals surface area contributed by atoms with Crippen LogP contribution in [0, 0.1) is 27.4 Å². The Kier molecular flexibility index (Phi) is 3.96.